The standard InChI is InChI=1S/C10H14NO.K/c1-9(8-12)11-7-10-5-3-2-4-6-10;/h2-6,9,12H,7-8H2,1H3;/q-1;+1. The Hall–Kier alpha value is 0.776. The Morgan fingerprint density at radius 1 is 1.31 bits per heavy atom. The van der Waals surface area contributed by atoms with Crippen molar-refractivity contribution in [3.63, 3.8) is 0 Å². The number of aliphatic hydroxyl groups excluding tert-OH is 1. The zero-order chi connectivity index (χ0) is 8.81. The Kier molecular flexibility index (Phi) is 8.60. The second-order valence-corrected chi connectivity index (χ2v) is 2.86. The van der Waals surface area contributed by atoms with E-state index in [1.54, 1.807) is 0 Å². The van der Waals surface area contributed by atoms with Crippen molar-refractivity contribution in [3.05, 3.63) is 41.2 Å². The summed E-state index contributed by atoms with van der Waals surface area (Å²) in [7, 11) is 0. The molecule has 3 heteroatoms. The summed E-state index contributed by atoms with van der Waals surface area (Å²) in [6.07, 6.45) is 0. The Bertz CT molecular complexity index is 215. The number of rotatable bonds is 4. The Morgan fingerprint density at radius 3 is 2.46 bits per heavy atom. The first kappa shape index (κ1) is 13.8. The van der Waals surface area contributed by atoms with Crippen LogP contribution in [-0.4, -0.2) is 17.8 Å². The van der Waals surface area contributed by atoms with Gasteiger partial charge in [-0.25, -0.2) is 0 Å². The first-order valence-corrected chi connectivity index (χ1v) is 4.14. The first-order chi connectivity index (χ1) is 5.83. The van der Waals surface area contributed by atoms with Crippen molar-refractivity contribution in [2.75, 3.05) is 6.61 Å². The molecule has 1 N–H and O–H groups in total. The molecule has 0 spiro atoms. The zero-order valence-corrected chi connectivity index (χ0v) is 11.4. The fourth-order valence-electron chi connectivity index (χ4n) is 0.902. The van der Waals surface area contributed by atoms with Crippen LogP contribution in [0.2, 0.25) is 0 Å². The van der Waals surface area contributed by atoms with Gasteiger partial charge >= 0.3 is 51.4 Å². The third-order valence-corrected chi connectivity index (χ3v) is 1.69. The van der Waals surface area contributed by atoms with E-state index in [2.05, 4.69) is 5.32 Å². The van der Waals surface area contributed by atoms with Crippen molar-refractivity contribution in [1.82, 2.24) is 0 Å². The molecule has 0 bridgehead atoms. The molecule has 0 saturated carbocycles. The van der Waals surface area contributed by atoms with E-state index in [9.17, 15) is 0 Å². The molecule has 0 saturated heterocycles. The molecule has 0 aromatic heterocycles. The first-order valence-electron chi connectivity index (χ1n) is 4.14. The van der Waals surface area contributed by atoms with Gasteiger partial charge in [0.25, 0.3) is 0 Å². The molecule has 1 atom stereocenters. The Labute approximate surface area is 122 Å². The molecule has 66 valence electrons. The number of benzene rings is 1. The molecular formula is C10H14KNO. The van der Waals surface area contributed by atoms with Crippen molar-refractivity contribution >= 4 is 0 Å². The maximum atomic E-state index is 8.72. The van der Waals surface area contributed by atoms with Crippen molar-refractivity contribution in [3.8, 4) is 0 Å². The van der Waals surface area contributed by atoms with Gasteiger partial charge in [-0.15, -0.1) is 12.6 Å². The van der Waals surface area contributed by atoms with Crippen molar-refractivity contribution in [2.24, 2.45) is 0 Å². The van der Waals surface area contributed by atoms with Gasteiger partial charge in [-0.05, 0) is 0 Å². The number of nitrogens with zero attached hydrogens (tertiary/aromatic N) is 1. The minimum atomic E-state index is 0. The van der Waals surface area contributed by atoms with Crippen LogP contribution in [0.5, 0.6) is 0 Å². The minimum absolute atomic E-state index is 0. The van der Waals surface area contributed by atoms with E-state index in [0.717, 1.165) is 0 Å². The van der Waals surface area contributed by atoms with Crippen LogP contribution < -0.4 is 51.4 Å². The number of hydrogen-bond acceptors (Lipinski definition) is 1. The Morgan fingerprint density at radius 2 is 1.92 bits per heavy atom. The summed E-state index contributed by atoms with van der Waals surface area (Å²) in [6.45, 7) is 2.73. The maximum absolute atomic E-state index is 8.72. The van der Waals surface area contributed by atoms with Crippen LogP contribution in [0.1, 0.15) is 12.5 Å². The average molecular weight is 203 g/mol. The van der Waals surface area contributed by atoms with Crippen LogP contribution in [-0.2, 0) is 6.54 Å². The smallest absolute Gasteiger partial charge is 0.654 e. The Balaban J connectivity index is 0.00000144. The van der Waals surface area contributed by atoms with Gasteiger partial charge in [0, 0.05) is 6.61 Å². The number of aliphatic hydroxyl groups is 1. The summed E-state index contributed by atoms with van der Waals surface area (Å²) in [6, 6.07) is 10.1. The summed E-state index contributed by atoms with van der Waals surface area (Å²) in [5.41, 5.74) is 1.19. The molecule has 1 unspecified atom stereocenters. The van der Waals surface area contributed by atoms with Gasteiger partial charge in [0.05, 0.1) is 0 Å². The molecule has 0 amide bonds. The fraction of sp³-hybridized carbons (Fsp3) is 0.400. The predicted octanol–water partition coefficient (Wildman–Crippen LogP) is -1.05. The van der Waals surface area contributed by atoms with Gasteiger partial charge in [-0.3, -0.25) is 0 Å². The van der Waals surface area contributed by atoms with E-state index >= 15 is 0 Å². The SMILES string of the molecule is CC(CO)[N-]Cc1ccccc1.[K+]. The summed E-state index contributed by atoms with van der Waals surface area (Å²) in [5.74, 6) is 0. The van der Waals surface area contributed by atoms with Gasteiger partial charge in [-0.2, -0.15) is 0 Å². The van der Waals surface area contributed by atoms with Crippen molar-refractivity contribution in [1.29, 1.82) is 0 Å². The van der Waals surface area contributed by atoms with Crippen molar-refractivity contribution < 1.29 is 56.5 Å². The summed E-state index contributed by atoms with van der Waals surface area (Å²) < 4.78 is 0. The minimum Gasteiger partial charge on any atom is -0.654 e. The van der Waals surface area contributed by atoms with E-state index in [1.807, 2.05) is 37.3 Å². The quantitative estimate of drug-likeness (QED) is 0.622. The van der Waals surface area contributed by atoms with Crippen LogP contribution in [0.15, 0.2) is 30.3 Å². The average Bonchev–Trinajstić information content (AvgIpc) is 2.16. The van der Waals surface area contributed by atoms with Gasteiger partial charge in [-0.1, -0.05) is 42.8 Å². The van der Waals surface area contributed by atoms with Crippen LogP contribution in [0, 0.1) is 0 Å². The fourth-order valence-corrected chi connectivity index (χ4v) is 0.902. The van der Waals surface area contributed by atoms with Gasteiger partial charge in [0.2, 0.25) is 0 Å². The molecule has 0 fully saturated rings. The molecule has 1 aromatic carbocycles. The third-order valence-electron chi connectivity index (χ3n) is 1.69. The largest absolute Gasteiger partial charge is 1.00 e. The second kappa shape index (κ2) is 8.12. The summed E-state index contributed by atoms with van der Waals surface area (Å²) >= 11 is 0. The van der Waals surface area contributed by atoms with Gasteiger partial charge in [0.1, 0.15) is 0 Å². The van der Waals surface area contributed by atoms with Gasteiger partial charge < -0.3 is 10.4 Å². The van der Waals surface area contributed by atoms with Crippen molar-refractivity contribution in [2.45, 2.75) is 19.5 Å². The summed E-state index contributed by atoms with van der Waals surface area (Å²) in [4.78, 5) is 0. The normalized spacial score (nSPS) is 11.8. The molecule has 1 aromatic rings. The molecule has 0 aliphatic heterocycles. The monoisotopic (exact) mass is 203 g/mol. The molecule has 0 radical (unpaired) electrons. The third kappa shape index (κ3) is 5.96. The van der Waals surface area contributed by atoms with Gasteiger partial charge in [0.15, 0.2) is 0 Å². The molecule has 13 heavy (non-hydrogen) atoms. The second-order valence-electron chi connectivity index (χ2n) is 2.86. The van der Waals surface area contributed by atoms with Crippen LogP contribution in [0.4, 0.5) is 0 Å². The molecule has 1 rings (SSSR count). The van der Waals surface area contributed by atoms with E-state index in [1.165, 1.54) is 5.56 Å². The van der Waals surface area contributed by atoms with Crippen LogP contribution >= 0.6 is 0 Å². The molecule has 0 aliphatic carbocycles. The van der Waals surface area contributed by atoms with E-state index in [-0.39, 0.29) is 64.0 Å². The zero-order valence-electron chi connectivity index (χ0n) is 8.27. The summed E-state index contributed by atoms with van der Waals surface area (Å²) in [5, 5.41) is 13.0. The molecule has 0 heterocycles. The maximum Gasteiger partial charge on any atom is 1.00 e. The molecular weight excluding hydrogens is 189 g/mol. The van der Waals surface area contributed by atoms with Crippen LogP contribution in [0.25, 0.3) is 5.32 Å². The van der Waals surface area contributed by atoms with Crippen LogP contribution in [0.3, 0.4) is 0 Å². The molecule has 2 nitrogen and oxygen atoms in total. The van der Waals surface area contributed by atoms with E-state index in [4.69, 9.17) is 5.11 Å². The predicted molar refractivity (Wildman–Crippen MR) is 50.1 cm³/mol. The number of hydrogen-bond donors (Lipinski definition) is 1. The van der Waals surface area contributed by atoms with E-state index < -0.39 is 0 Å². The molecule has 0 aliphatic rings. The van der Waals surface area contributed by atoms with E-state index in [0.29, 0.717) is 6.54 Å². The topological polar surface area (TPSA) is 34.3 Å².